The third kappa shape index (κ3) is 3.40. The maximum absolute atomic E-state index is 12.9. The Morgan fingerprint density at radius 1 is 1.28 bits per heavy atom. The molecule has 29 heavy (non-hydrogen) atoms. The maximum Gasteiger partial charge on any atom is 0.296 e. The lowest BCUT2D eigenvalue weighted by Crippen LogP contribution is -2.28. The van der Waals surface area contributed by atoms with Crippen molar-refractivity contribution in [2.24, 2.45) is 0 Å². The predicted molar refractivity (Wildman–Crippen MR) is 107 cm³/mol. The Bertz CT molecular complexity index is 1070. The van der Waals surface area contributed by atoms with Crippen molar-refractivity contribution in [3.05, 3.63) is 70.1 Å². The SMILES string of the molecule is CN(C)c1ccc(C2/C(=C(\O)c3cnccn3)C(=O)C(=O)N2Cc2cccs2)o1. The zero-order chi connectivity index (χ0) is 20.5. The number of Topliss-reactive ketones (excluding diaryl/α,β-unsaturated/α-hetero) is 1. The van der Waals surface area contributed by atoms with E-state index < -0.39 is 17.7 Å². The number of furan rings is 1. The largest absolute Gasteiger partial charge is 0.505 e. The minimum Gasteiger partial charge on any atom is -0.505 e. The van der Waals surface area contributed by atoms with Crippen LogP contribution in [0, 0.1) is 0 Å². The molecule has 4 heterocycles. The van der Waals surface area contributed by atoms with E-state index in [4.69, 9.17) is 4.42 Å². The summed E-state index contributed by atoms with van der Waals surface area (Å²) in [6, 6.07) is 6.35. The summed E-state index contributed by atoms with van der Waals surface area (Å²) in [5.74, 6) is -0.900. The fourth-order valence-corrected chi connectivity index (χ4v) is 3.90. The highest BCUT2D eigenvalue weighted by atomic mass is 32.1. The Balaban J connectivity index is 1.85. The molecular formula is C20H18N4O4S. The van der Waals surface area contributed by atoms with Crippen LogP contribution in [-0.4, -0.2) is 45.8 Å². The molecule has 0 bridgehead atoms. The number of carbonyl (C=O) groups excluding carboxylic acids is 2. The van der Waals surface area contributed by atoms with Crippen LogP contribution < -0.4 is 4.90 Å². The lowest BCUT2D eigenvalue weighted by Gasteiger charge is -2.22. The minimum absolute atomic E-state index is 0.0632. The molecule has 1 aliphatic heterocycles. The number of amides is 1. The van der Waals surface area contributed by atoms with Crippen LogP contribution in [0.5, 0.6) is 0 Å². The molecule has 8 nitrogen and oxygen atoms in total. The van der Waals surface area contributed by atoms with Gasteiger partial charge in [0.25, 0.3) is 11.7 Å². The fourth-order valence-electron chi connectivity index (χ4n) is 3.20. The predicted octanol–water partition coefficient (Wildman–Crippen LogP) is 2.82. The molecule has 1 atom stereocenters. The molecule has 0 radical (unpaired) electrons. The summed E-state index contributed by atoms with van der Waals surface area (Å²) in [6.07, 6.45) is 4.20. The molecule has 0 spiro atoms. The first kappa shape index (κ1) is 18.9. The average Bonchev–Trinajstić information content (AvgIpc) is 3.45. The molecule has 3 aromatic heterocycles. The first-order chi connectivity index (χ1) is 14.0. The Labute approximate surface area is 170 Å². The second-order valence-corrected chi connectivity index (χ2v) is 7.70. The molecule has 0 aliphatic carbocycles. The molecule has 1 saturated heterocycles. The number of nitrogens with zero attached hydrogens (tertiary/aromatic N) is 4. The molecule has 9 heteroatoms. The van der Waals surface area contributed by atoms with Gasteiger partial charge in [-0.3, -0.25) is 14.6 Å². The topological polar surface area (TPSA) is 99.8 Å². The number of hydrogen-bond donors (Lipinski definition) is 1. The summed E-state index contributed by atoms with van der Waals surface area (Å²) in [6.45, 7) is 0.224. The van der Waals surface area contributed by atoms with Gasteiger partial charge in [0.1, 0.15) is 17.5 Å². The molecule has 1 fully saturated rings. The van der Waals surface area contributed by atoms with Gasteiger partial charge in [-0.25, -0.2) is 4.98 Å². The van der Waals surface area contributed by atoms with Gasteiger partial charge in [-0.15, -0.1) is 11.3 Å². The normalized spacial score (nSPS) is 18.4. The Kier molecular flexibility index (Phi) is 4.89. The number of likely N-dealkylation sites (tertiary alicyclic amines) is 1. The zero-order valence-electron chi connectivity index (χ0n) is 15.8. The van der Waals surface area contributed by atoms with E-state index in [1.807, 2.05) is 31.6 Å². The Morgan fingerprint density at radius 2 is 2.10 bits per heavy atom. The van der Waals surface area contributed by atoms with Crippen LogP contribution in [0.4, 0.5) is 5.88 Å². The van der Waals surface area contributed by atoms with E-state index in [-0.39, 0.29) is 23.6 Å². The van der Waals surface area contributed by atoms with E-state index >= 15 is 0 Å². The highest BCUT2D eigenvalue weighted by molar-refractivity contribution is 7.09. The maximum atomic E-state index is 12.9. The van der Waals surface area contributed by atoms with E-state index in [0.717, 1.165) is 4.88 Å². The van der Waals surface area contributed by atoms with E-state index in [9.17, 15) is 14.7 Å². The number of aliphatic hydroxyl groups is 1. The van der Waals surface area contributed by atoms with Crippen molar-refractivity contribution < 1.29 is 19.1 Å². The van der Waals surface area contributed by atoms with Gasteiger partial charge in [0.15, 0.2) is 11.6 Å². The van der Waals surface area contributed by atoms with Crippen LogP contribution in [0.1, 0.15) is 22.4 Å². The van der Waals surface area contributed by atoms with Crippen LogP contribution in [0.3, 0.4) is 0 Å². The third-order valence-corrected chi connectivity index (χ3v) is 5.44. The summed E-state index contributed by atoms with van der Waals surface area (Å²) in [5, 5.41) is 12.7. The molecule has 3 aromatic rings. The van der Waals surface area contributed by atoms with Crippen molar-refractivity contribution >= 4 is 34.7 Å². The molecule has 1 N–H and O–H groups in total. The summed E-state index contributed by atoms with van der Waals surface area (Å²) in [7, 11) is 3.65. The van der Waals surface area contributed by atoms with E-state index in [0.29, 0.717) is 11.6 Å². The molecule has 4 rings (SSSR count). The number of hydrogen-bond acceptors (Lipinski definition) is 8. The third-order valence-electron chi connectivity index (χ3n) is 4.57. The van der Waals surface area contributed by atoms with Crippen molar-refractivity contribution in [2.45, 2.75) is 12.6 Å². The molecule has 148 valence electrons. The lowest BCUT2D eigenvalue weighted by molar-refractivity contribution is -0.140. The quantitative estimate of drug-likeness (QED) is 0.392. The average molecular weight is 410 g/mol. The highest BCUT2D eigenvalue weighted by Gasteiger charge is 2.48. The number of rotatable bonds is 5. The number of ketones is 1. The number of aliphatic hydroxyl groups excluding tert-OH is 1. The molecule has 1 unspecified atom stereocenters. The van der Waals surface area contributed by atoms with Gasteiger partial charge in [0.2, 0.25) is 0 Å². The van der Waals surface area contributed by atoms with Crippen LogP contribution in [0.25, 0.3) is 5.76 Å². The van der Waals surface area contributed by atoms with E-state index in [2.05, 4.69) is 9.97 Å². The Morgan fingerprint density at radius 3 is 2.72 bits per heavy atom. The van der Waals surface area contributed by atoms with E-state index in [1.165, 1.54) is 34.8 Å². The number of anilines is 1. The van der Waals surface area contributed by atoms with Crippen molar-refractivity contribution in [3.8, 4) is 0 Å². The van der Waals surface area contributed by atoms with Crippen molar-refractivity contribution in [1.82, 2.24) is 14.9 Å². The van der Waals surface area contributed by atoms with Gasteiger partial charge in [0.05, 0.1) is 18.3 Å². The fraction of sp³-hybridized carbons (Fsp3) is 0.200. The molecule has 0 aromatic carbocycles. The summed E-state index contributed by atoms with van der Waals surface area (Å²) in [5.41, 5.74) is 0.0534. The second-order valence-electron chi connectivity index (χ2n) is 6.67. The van der Waals surface area contributed by atoms with Crippen molar-refractivity contribution in [2.75, 3.05) is 19.0 Å². The first-order valence-corrected chi connectivity index (χ1v) is 9.69. The standard InChI is InChI=1S/C20H18N4O4S/c1-23(2)15-6-5-14(28-15)17-16(18(25)13-10-21-7-8-22-13)19(26)20(27)24(17)11-12-4-3-9-29-12/h3-10,17,25H,11H2,1-2H3/b18-16+. The van der Waals surface area contributed by atoms with Crippen LogP contribution in [0.15, 0.2) is 58.2 Å². The summed E-state index contributed by atoms with van der Waals surface area (Å²) in [4.78, 5) is 37.8. The number of thiophene rings is 1. The zero-order valence-corrected chi connectivity index (χ0v) is 16.6. The van der Waals surface area contributed by atoms with Gasteiger partial charge in [-0.05, 0) is 17.5 Å². The first-order valence-electron chi connectivity index (χ1n) is 8.81. The van der Waals surface area contributed by atoms with Gasteiger partial charge in [-0.2, -0.15) is 0 Å². The highest BCUT2D eigenvalue weighted by Crippen LogP contribution is 2.41. The van der Waals surface area contributed by atoms with Crippen LogP contribution in [-0.2, 0) is 16.1 Å². The summed E-state index contributed by atoms with van der Waals surface area (Å²) < 4.78 is 5.89. The van der Waals surface area contributed by atoms with Gasteiger partial charge >= 0.3 is 0 Å². The Hall–Kier alpha value is -3.46. The van der Waals surface area contributed by atoms with Crippen molar-refractivity contribution in [3.63, 3.8) is 0 Å². The van der Waals surface area contributed by atoms with E-state index in [1.54, 1.807) is 17.0 Å². The monoisotopic (exact) mass is 410 g/mol. The smallest absolute Gasteiger partial charge is 0.296 e. The molecule has 0 saturated carbocycles. The summed E-state index contributed by atoms with van der Waals surface area (Å²) >= 11 is 1.48. The molecule has 1 amide bonds. The minimum atomic E-state index is -0.868. The number of carbonyl (C=O) groups is 2. The van der Waals surface area contributed by atoms with Crippen LogP contribution >= 0.6 is 11.3 Å². The van der Waals surface area contributed by atoms with Crippen molar-refractivity contribution in [1.29, 1.82) is 0 Å². The second kappa shape index (κ2) is 7.51. The van der Waals surface area contributed by atoms with Gasteiger partial charge in [0, 0.05) is 37.4 Å². The molecule has 1 aliphatic rings. The number of aromatic nitrogens is 2. The van der Waals surface area contributed by atoms with Gasteiger partial charge < -0.3 is 19.3 Å². The lowest BCUT2D eigenvalue weighted by atomic mass is 10.0. The molecular weight excluding hydrogens is 392 g/mol. The van der Waals surface area contributed by atoms with Gasteiger partial charge in [-0.1, -0.05) is 6.07 Å². The van der Waals surface area contributed by atoms with Crippen LogP contribution in [0.2, 0.25) is 0 Å².